The average Bonchev–Trinajstić information content (AvgIpc) is 3.29. The first kappa shape index (κ1) is 19.1. The molecule has 0 saturated carbocycles. The molecule has 0 bridgehead atoms. The maximum atomic E-state index is 12.3. The zero-order valence-corrected chi connectivity index (χ0v) is 16.1. The molecule has 1 atom stereocenters. The Kier molecular flexibility index (Phi) is 5.81. The van der Waals surface area contributed by atoms with Crippen LogP contribution in [0.25, 0.3) is 11.3 Å². The van der Waals surface area contributed by atoms with Crippen LogP contribution in [0.1, 0.15) is 24.7 Å². The van der Waals surface area contributed by atoms with Crippen molar-refractivity contribution >= 4 is 27.3 Å². The molecule has 1 amide bonds. The second-order valence-corrected chi connectivity index (χ2v) is 9.17. The van der Waals surface area contributed by atoms with Gasteiger partial charge in [0.05, 0.1) is 12.8 Å². The summed E-state index contributed by atoms with van der Waals surface area (Å²) in [5.41, 5.74) is 0.954. The first-order valence-electron chi connectivity index (χ1n) is 8.38. The Morgan fingerprint density at radius 2 is 2.12 bits per heavy atom. The molecule has 142 valence electrons. The van der Waals surface area contributed by atoms with Gasteiger partial charge < -0.3 is 14.8 Å². The Balaban J connectivity index is 1.49. The van der Waals surface area contributed by atoms with E-state index < -0.39 is 16.1 Å². The van der Waals surface area contributed by atoms with Gasteiger partial charge in [-0.3, -0.25) is 4.79 Å². The molecular weight excluding hydrogens is 376 g/mol. The maximum absolute atomic E-state index is 12.3. The summed E-state index contributed by atoms with van der Waals surface area (Å²) in [5, 5.41) is 16.9. The van der Waals surface area contributed by atoms with Crippen molar-refractivity contribution in [3.8, 4) is 11.3 Å². The van der Waals surface area contributed by atoms with Crippen LogP contribution in [-0.4, -0.2) is 49.6 Å². The summed E-state index contributed by atoms with van der Waals surface area (Å²) in [7, 11) is -3.20. The van der Waals surface area contributed by atoms with E-state index in [9.17, 15) is 18.3 Å². The number of hydrogen-bond donors (Lipinski definition) is 2. The molecule has 0 spiro atoms. The number of carbonyl (C=O) groups excluding carboxylic acids is 1. The lowest BCUT2D eigenvalue weighted by Gasteiger charge is -2.29. The minimum absolute atomic E-state index is 0.0573. The summed E-state index contributed by atoms with van der Waals surface area (Å²) < 4.78 is 30.0. The molecule has 1 fully saturated rings. The van der Waals surface area contributed by atoms with Gasteiger partial charge >= 0.3 is 0 Å². The lowest BCUT2D eigenvalue weighted by molar-refractivity contribution is -0.126. The smallest absolute Gasteiger partial charge is 0.223 e. The Hall–Kier alpha value is -1.68. The number of aliphatic hydroxyl groups excluding tert-OH is 1. The van der Waals surface area contributed by atoms with Crippen molar-refractivity contribution in [1.82, 2.24) is 9.62 Å². The van der Waals surface area contributed by atoms with Gasteiger partial charge in [0.1, 0.15) is 17.6 Å². The van der Waals surface area contributed by atoms with Gasteiger partial charge in [0.15, 0.2) is 0 Å². The molecule has 3 rings (SSSR count). The Morgan fingerprint density at radius 3 is 2.73 bits per heavy atom. The molecular formula is C17H22N2O5S2. The molecule has 2 N–H and O–H groups in total. The van der Waals surface area contributed by atoms with Crippen molar-refractivity contribution < 1.29 is 22.7 Å². The van der Waals surface area contributed by atoms with Gasteiger partial charge in [-0.2, -0.15) is 11.3 Å². The third kappa shape index (κ3) is 4.53. The zero-order chi connectivity index (χ0) is 18.7. The van der Waals surface area contributed by atoms with Crippen LogP contribution in [0.3, 0.4) is 0 Å². The quantitative estimate of drug-likeness (QED) is 0.773. The van der Waals surface area contributed by atoms with Gasteiger partial charge in [0, 0.05) is 30.0 Å². The number of piperidine rings is 1. The van der Waals surface area contributed by atoms with Crippen molar-refractivity contribution in [2.24, 2.45) is 5.92 Å². The van der Waals surface area contributed by atoms with Crippen LogP contribution in [0.5, 0.6) is 0 Å². The van der Waals surface area contributed by atoms with E-state index in [-0.39, 0.29) is 18.4 Å². The highest BCUT2D eigenvalue weighted by atomic mass is 32.2. The fourth-order valence-electron chi connectivity index (χ4n) is 2.98. The van der Waals surface area contributed by atoms with Crippen molar-refractivity contribution in [1.29, 1.82) is 0 Å². The first-order valence-corrected chi connectivity index (χ1v) is 11.2. The Labute approximate surface area is 156 Å². The number of aliphatic hydroxyl groups is 1. The SMILES string of the molecule is CS(=O)(=O)N1CCC(C(=O)NCC(O)c2ccc(-c3ccsc3)o2)CC1. The van der Waals surface area contributed by atoms with E-state index in [4.69, 9.17) is 4.42 Å². The van der Waals surface area contributed by atoms with E-state index in [2.05, 4.69) is 5.32 Å². The molecule has 0 radical (unpaired) electrons. The highest BCUT2D eigenvalue weighted by molar-refractivity contribution is 7.88. The Morgan fingerprint density at radius 1 is 1.38 bits per heavy atom. The maximum Gasteiger partial charge on any atom is 0.223 e. The molecule has 1 unspecified atom stereocenters. The standard InChI is InChI=1S/C17H22N2O5S2/c1-26(22,23)19-7-4-12(5-8-19)17(21)18-10-14(20)16-3-2-15(24-16)13-6-9-25-11-13/h2-3,6,9,11-12,14,20H,4-5,7-8,10H2,1H3,(H,18,21). The van der Waals surface area contributed by atoms with E-state index in [1.54, 1.807) is 23.5 Å². The van der Waals surface area contributed by atoms with Gasteiger partial charge in [-0.05, 0) is 36.4 Å². The molecule has 0 aliphatic carbocycles. The number of furan rings is 1. The van der Waals surface area contributed by atoms with Gasteiger partial charge in [-0.25, -0.2) is 12.7 Å². The van der Waals surface area contributed by atoms with E-state index >= 15 is 0 Å². The van der Waals surface area contributed by atoms with Crippen molar-refractivity contribution in [2.75, 3.05) is 25.9 Å². The number of thiophene rings is 1. The van der Waals surface area contributed by atoms with Crippen LogP contribution < -0.4 is 5.32 Å². The third-order valence-corrected chi connectivity index (χ3v) is 6.51. The third-order valence-electron chi connectivity index (χ3n) is 4.52. The van der Waals surface area contributed by atoms with Crippen LogP contribution in [0, 0.1) is 5.92 Å². The average molecular weight is 399 g/mol. The topological polar surface area (TPSA) is 99.9 Å². The van der Waals surface area contributed by atoms with Crippen molar-refractivity contribution in [3.05, 3.63) is 34.7 Å². The molecule has 2 aromatic rings. The molecule has 9 heteroatoms. The minimum atomic E-state index is -3.20. The lowest BCUT2D eigenvalue weighted by atomic mass is 9.97. The summed E-state index contributed by atoms with van der Waals surface area (Å²) in [6.07, 6.45) is 1.22. The summed E-state index contributed by atoms with van der Waals surface area (Å²) in [4.78, 5) is 12.3. The van der Waals surface area contributed by atoms with E-state index in [0.717, 1.165) is 5.56 Å². The monoisotopic (exact) mass is 398 g/mol. The number of nitrogens with zero attached hydrogens (tertiary/aromatic N) is 1. The van der Waals surface area contributed by atoms with Gasteiger partial charge in [-0.1, -0.05) is 0 Å². The molecule has 2 aromatic heterocycles. The number of amides is 1. The highest BCUT2D eigenvalue weighted by Crippen LogP contribution is 2.27. The molecule has 1 aliphatic heterocycles. The number of nitrogens with one attached hydrogen (secondary N) is 1. The van der Waals surface area contributed by atoms with Crippen molar-refractivity contribution in [3.63, 3.8) is 0 Å². The Bertz CT molecular complexity index is 836. The summed E-state index contributed by atoms with van der Waals surface area (Å²) >= 11 is 1.56. The predicted molar refractivity (Wildman–Crippen MR) is 99.1 cm³/mol. The van der Waals surface area contributed by atoms with E-state index in [0.29, 0.717) is 37.5 Å². The van der Waals surface area contributed by atoms with Crippen LogP contribution in [-0.2, 0) is 14.8 Å². The second kappa shape index (κ2) is 7.91. The van der Waals surface area contributed by atoms with Crippen LogP contribution in [0.4, 0.5) is 0 Å². The summed E-state index contributed by atoms with van der Waals surface area (Å²) in [6, 6.07) is 5.43. The highest BCUT2D eigenvalue weighted by Gasteiger charge is 2.29. The molecule has 1 saturated heterocycles. The van der Waals surface area contributed by atoms with Crippen LogP contribution >= 0.6 is 11.3 Å². The van der Waals surface area contributed by atoms with Gasteiger partial charge in [-0.15, -0.1) is 0 Å². The zero-order valence-electron chi connectivity index (χ0n) is 14.4. The number of hydrogen-bond acceptors (Lipinski definition) is 6. The molecule has 1 aliphatic rings. The van der Waals surface area contributed by atoms with Crippen molar-refractivity contribution in [2.45, 2.75) is 18.9 Å². The molecule has 26 heavy (non-hydrogen) atoms. The number of sulfonamides is 1. The molecule has 3 heterocycles. The summed E-state index contributed by atoms with van der Waals surface area (Å²) in [5.74, 6) is 0.679. The van der Waals surface area contributed by atoms with Gasteiger partial charge in [0.25, 0.3) is 0 Å². The van der Waals surface area contributed by atoms with E-state index in [1.165, 1.54) is 10.6 Å². The predicted octanol–water partition coefficient (Wildman–Crippen LogP) is 1.83. The van der Waals surface area contributed by atoms with Gasteiger partial charge in [0.2, 0.25) is 15.9 Å². The minimum Gasteiger partial charge on any atom is -0.458 e. The number of rotatable bonds is 6. The number of carbonyl (C=O) groups is 1. The fourth-order valence-corrected chi connectivity index (χ4v) is 4.50. The van der Waals surface area contributed by atoms with Crippen LogP contribution in [0.15, 0.2) is 33.4 Å². The van der Waals surface area contributed by atoms with E-state index in [1.807, 2.05) is 16.8 Å². The molecule has 0 aromatic carbocycles. The lowest BCUT2D eigenvalue weighted by Crippen LogP contribution is -2.43. The normalized spacial score (nSPS) is 17.9. The fraction of sp³-hybridized carbons (Fsp3) is 0.471. The summed E-state index contributed by atoms with van der Waals surface area (Å²) in [6.45, 7) is 0.755. The largest absolute Gasteiger partial charge is 0.458 e. The molecule has 7 nitrogen and oxygen atoms in total. The second-order valence-electron chi connectivity index (χ2n) is 6.41. The van der Waals surface area contributed by atoms with Crippen LogP contribution in [0.2, 0.25) is 0 Å². The first-order chi connectivity index (χ1) is 12.3.